The molecular weight excluding hydrogens is 320 g/mol. The van der Waals surface area contributed by atoms with Crippen LogP contribution in [0.25, 0.3) is 11.4 Å². The fraction of sp³-hybridized carbons (Fsp3) is 0.500. The van der Waals surface area contributed by atoms with E-state index >= 15 is 0 Å². The van der Waals surface area contributed by atoms with Crippen LogP contribution < -0.4 is 0 Å². The van der Waals surface area contributed by atoms with Crippen LogP contribution in [0.1, 0.15) is 25.3 Å². The van der Waals surface area contributed by atoms with E-state index in [1.165, 1.54) is 0 Å². The van der Waals surface area contributed by atoms with Crippen molar-refractivity contribution in [2.75, 3.05) is 32.8 Å². The molecule has 132 valence electrons. The predicted molar refractivity (Wildman–Crippen MR) is 90.7 cm³/mol. The van der Waals surface area contributed by atoms with E-state index in [0.717, 1.165) is 38.2 Å². The molecule has 1 aromatic carbocycles. The van der Waals surface area contributed by atoms with Crippen molar-refractivity contribution in [3.8, 4) is 11.4 Å². The van der Waals surface area contributed by atoms with Crippen molar-refractivity contribution >= 4 is 5.97 Å². The summed E-state index contributed by atoms with van der Waals surface area (Å²) in [6.45, 7) is 6.07. The molecule has 7 nitrogen and oxygen atoms in total. The summed E-state index contributed by atoms with van der Waals surface area (Å²) < 4.78 is 10.6. The second-order valence-corrected chi connectivity index (χ2v) is 6.54. The van der Waals surface area contributed by atoms with Crippen LogP contribution in [0.3, 0.4) is 0 Å². The molecular formula is C18H22N4O3. The number of piperazine rings is 1. The lowest BCUT2D eigenvalue weighted by atomic mass is 10.1. The van der Waals surface area contributed by atoms with Gasteiger partial charge in [0.25, 0.3) is 0 Å². The highest BCUT2D eigenvalue weighted by Crippen LogP contribution is 2.24. The number of benzene rings is 1. The maximum atomic E-state index is 11.7. The molecule has 0 N–H and O–H groups in total. The third kappa shape index (κ3) is 3.29. The molecule has 2 aliphatic rings. The van der Waals surface area contributed by atoms with Crippen molar-refractivity contribution in [2.45, 2.75) is 25.4 Å². The van der Waals surface area contributed by atoms with E-state index < -0.39 is 0 Å². The quantitative estimate of drug-likeness (QED) is 0.784. The molecule has 0 bridgehead atoms. The molecule has 1 aromatic heterocycles. The molecule has 2 fully saturated rings. The minimum atomic E-state index is -0.0779. The summed E-state index contributed by atoms with van der Waals surface area (Å²) in [5.74, 6) is 1.17. The van der Waals surface area contributed by atoms with Crippen molar-refractivity contribution in [3.05, 3.63) is 36.2 Å². The summed E-state index contributed by atoms with van der Waals surface area (Å²) in [5, 5.41) is 4.11. The Bertz CT molecular complexity index is 725. The molecule has 2 atom stereocenters. The van der Waals surface area contributed by atoms with Crippen LogP contribution in [0, 0.1) is 0 Å². The first-order valence-electron chi connectivity index (χ1n) is 8.76. The Morgan fingerprint density at radius 2 is 1.92 bits per heavy atom. The van der Waals surface area contributed by atoms with Crippen LogP contribution in [0.2, 0.25) is 0 Å². The summed E-state index contributed by atoms with van der Waals surface area (Å²) >= 11 is 0. The molecule has 0 radical (unpaired) electrons. The Kier molecular flexibility index (Phi) is 4.50. The molecule has 2 aliphatic heterocycles. The Balaban J connectivity index is 1.38. The monoisotopic (exact) mass is 342 g/mol. The van der Waals surface area contributed by atoms with Gasteiger partial charge in [-0.05, 0) is 6.92 Å². The standard InChI is InChI=1S/C18H22N4O3/c1-13(17-19-16(20-25-17)14-5-3-2-4-6-14)21-8-10-22(11-9-21)15-7-12-24-18(15)23/h2-6,13,15H,7-12H2,1H3/t13-,15+/m1/s1. The largest absolute Gasteiger partial charge is 0.464 e. The number of nitrogens with zero attached hydrogens (tertiary/aromatic N) is 4. The zero-order chi connectivity index (χ0) is 17.2. The van der Waals surface area contributed by atoms with Crippen LogP contribution in [-0.4, -0.2) is 64.7 Å². The lowest BCUT2D eigenvalue weighted by molar-refractivity contribution is -0.143. The number of carbonyl (C=O) groups is 1. The molecule has 0 amide bonds. The van der Waals surface area contributed by atoms with Crippen molar-refractivity contribution in [1.82, 2.24) is 19.9 Å². The Hall–Kier alpha value is -2.25. The summed E-state index contributed by atoms with van der Waals surface area (Å²) in [6, 6.07) is 9.82. The van der Waals surface area contributed by atoms with Crippen LogP contribution >= 0.6 is 0 Å². The fourth-order valence-corrected chi connectivity index (χ4v) is 3.52. The van der Waals surface area contributed by atoms with Gasteiger partial charge in [0.05, 0.1) is 12.6 Å². The average Bonchev–Trinajstić information content (AvgIpc) is 3.31. The highest BCUT2D eigenvalue weighted by molar-refractivity contribution is 5.77. The topological polar surface area (TPSA) is 71.7 Å². The van der Waals surface area contributed by atoms with Gasteiger partial charge in [-0.1, -0.05) is 35.5 Å². The second-order valence-electron chi connectivity index (χ2n) is 6.54. The number of ether oxygens (including phenoxy) is 1. The van der Waals surface area contributed by atoms with Gasteiger partial charge >= 0.3 is 5.97 Å². The van der Waals surface area contributed by atoms with Gasteiger partial charge in [-0.15, -0.1) is 0 Å². The van der Waals surface area contributed by atoms with E-state index in [2.05, 4.69) is 26.9 Å². The molecule has 0 spiro atoms. The summed E-state index contributed by atoms with van der Waals surface area (Å²) in [7, 11) is 0. The van der Waals surface area contributed by atoms with E-state index in [1.807, 2.05) is 30.3 Å². The highest BCUT2D eigenvalue weighted by Gasteiger charge is 2.35. The second kappa shape index (κ2) is 6.93. The molecule has 3 heterocycles. The van der Waals surface area contributed by atoms with Gasteiger partial charge in [0.1, 0.15) is 6.04 Å². The van der Waals surface area contributed by atoms with Gasteiger partial charge in [0.15, 0.2) is 0 Å². The fourth-order valence-electron chi connectivity index (χ4n) is 3.52. The van der Waals surface area contributed by atoms with Gasteiger partial charge in [-0.3, -0.25) is 14.6 Å². The van der Waals surface area contributed by atoms with Crippen LogP contribution in [-0.2, 0) is 9.53 Å². The van der Waals surface area contributed by atoms with Gasteiger partial charge in [-0.25, -0.2) is 0 Å². The number of hydrogen-bond acceptors (Lipinski definition) is 7. The van der Waals surface area contributed by atoms with Gasteiger partial charge in [0, 0.05) is 38.2 Å². The summed E-state index contributed by atoms with van der Waals surface area (Å²) in [5.41, 5.74) is 0.953. The smallest absolute Gasteiger partial charge is 0.323 e. The van der Waals surface area contributed by atoms with Crippen molar-refractivity contribution in [3.63, 3.8) is 0 Å². The number of carbonyl (C=O) groups excluding carboxylic acids is 1. The molecule has 2 saturated heterocycles. The number of rotatable bonds is 4. The van der Waals surface area contributed by atoms with Crippen molar-refractivity contribution < 1.29 is 14.1 Å². The molecule has 7 heteroatoms. The Morgan fingerprint density at radius 3 is 2.60 bits per heavy atom. The predicted octanol–water partition coefficient (Wildman–Crippen LogP) is 1.73. The van der Waals surface area contributed by atoms with E-state index in [1.54, 1.807) is 0 Å². The van der Waals surface area contributed by atoms with Crippen molar-refractivity contribution in [1.29, 1.82) is 0 Å². The van der Waals surface area contributed by atoms with E-state index in [0.29, 0.717) is 18.3 Å². The van der Waals surface area contributed by atoms with Crippen LogP contribution in [0.5, 0.6) is 0 Å². The first kappa shape index (κ1) is 16.2. The molecule has 0 aliphatic carbocycles. The van der Waals surface area contributed by atoms with Crippen LogP contribution in [0.15, 0.2) is 34.9 Å². The first-order valence-corrected chi connectivity index (χ1v) is 8.76. The third-order valence-corrected chi connectivity index (χ3v) is 5.08. The highest BCUT2D eigenvalue weighted by atomic mass is 16.5. The SMILES string of the molecule is C[C@H](c1nc(-c2ccccc2)no1)N1CCN([C@H]2CCOC2=O)CC1. The summed E-state index contributed by atoms with van der Waals surface area (Å²) in [4.78, 5) is 20.8. The van der Waals surface area contributed by atoms with Gasteiger partial charge < -0.3 is 9.26 Å². The average molecular weight is 342 g/mol. The third-order valence-electron chi connectivity index (χ3n) is 5.08. The maximum absolute atomic E-state index is 11.7. The molecule has 25 heavy (non-hydrogen) atoms. The molecule has 0 unspecified atom stereocenters. The maximum Gasteiger partial charge on any atom is 0.323 e. The zero-order valence-corrected chi connectivity index (χ0v) is 14.3. The minimum absolute atomic E-state index is 0.0580. The lowest BCUT2D eigenvalue weighted by Crippen LogP contribution is -2.52. The van der Waals surface area contributed by atoms with Gasteiger partial charge in [-0.2, -0.15) is 4.98 Å². The van der Waals surface area contributed by atoms with Gasteiger partial charge in [0.2, 0.25) is 11.7 Å². The normalized spacial score (nSPS) is 23.6. The van der Waals surface area contributed by atoms with Crippen LogP contribution in [0.4, 0.5) is 0 Å². The molecule has 0 saturated carbocycles. The number of hydrogen-bond donors (Lipinski definition) is 0. The summed E-state index contributed by atoms with van der Waals surface area (Å²) in [6.07, 6.45) is 0.804. The minimum Gasteiger partial charge on any atom is -0.464 e. The van der Waals surface area contributed by atoms with E-state index in [4.69, 9.17) is 9.26 Å². The number of esters is 1. The molecule has 2 aromatic rings. The molecule has 4 rings (SSSR count). The van der Waals surface area contributed by atoms with Crippen molar-refractivity contribution in [2.24, 2.45) is 0 Å². The first-order chi connectivity index (χ1) is 12.2. The van der Waals surface area contributed by atoms with E-state index in [-0.39, 0.29) is 18.1 Å². The Labute approximate surface area is 146 Å². The number of cyclic esters (lactones) is 1. The number of aromatic nitrogens is 2. The Morgan fingerprint density at radius 1 is 1.16 bits per heavy atom. The van der Waals surface area contributed by atoms with E-state index in [9.17, 15) is 4.79 Å². The zero-order valence-electron chi connectivity index (χ0n) is 14.3. The lowest BCUT2D eigenvalue weighted by Gasteiger charge is -2.38.